The van der Waals surface area contributed by atoms with Crippen LogP contribution in [-0.4, -0.2) is 15.8 Å². The van der Waals surface area contributed by atoms with Crippen LogP contribution in [0.15, 0.2) is 168 Å². The SMILES string of the molecule is CC1(c2ccccc2)c2ccc(-c3ccccc3)cc2B2c3ccc(-n4c5c(c6ccccc64)CCC5)cc3Sc3cc(-n4c5c(c6ccccc64)CCCC5)cc1c32. The summed E-state index contributed by atoms with van der Waals surface area (Å²) in [6.07, 6.45) is 8.32. The van der Waals surface area contributed by atoms with E-state index in [9.17, 15) is 0 Å². The van der Waals surface area contributed by atoms with Crippen molar-refractivity contribution in [3.8, 4) is 22.5 Å². The summed E-state index contributed by atoms with van der Waals surface area (Å²) in [4.78, 5) is 2.75. The van der Waals surface area contributed by atoms with Gasteiger partial charge in [0.05, 0.1) is 11.0 Å². The number of nitrogens with zero attached hydrogens (tertiary/aromatic N) is 2. The van der Waals surface area contributed by atoms with Crippen LogP contribution in [0.3, 0.4) is 0 Å². The van der Waals surface area contributed by atoms with Gasteiger partial charge in [-0.05, 0) is 127 Å². The van der Waals surface area contributed by atoms with Gasteiger partial charge < -0.3 is 9.13 Å². The molecule has 13 rings (SSSR count). The first-order chi connectivity index (χ1) is 29.1. The van der Waals surface area contributed by atoms with Gasteiger partial charge in [0.15, 0.2) is 0 Å². The molecule has 4 heteroatoms. The van der Waals surface area contributed by atoms with Gasteiger partial charge in [0.1, 0.15) is 0 Å². The molecule has 0 N–H and O–H groups in total. The Morgan fingerprint density at radius 1 is 0.492 bits per heavy atom. The smallest absolute Gasteiger partial charge is 0.245 e. The van der Waals surface area contributed by atoms with Crippen LogP contribution in [0.5, 0.6) is 0 Å². The minimum Gasteiger partial charge on any atom is -0.313 e. The van der Waals surface area contributed by atoms with Gasteiger partial charge in [0.25, 0.3) is 0 Å². The maximum absolute atomic E-state index is 2.65. The number of aryl methyl sites for hydroxylation is 2. The lowest BCUT2D eigenvalue weighted by atomic mass is 9.31. The molecular formula is C55H43BN2S. The monoisotopic (exact) mass is 774 g/mol. The number of fused-ring (bicyclic) bond motifs is 10. The van der Waals surface area contributed by atoms with Crippen LogP contribution in [0.25, 0.3) is 44.3 Å². The van der Waals surface area contributed by atoms with Crippen LogP contribution >= 0.6 is 11.8 Å². The maximum atomic E-state index is 2.65. The minimum absolute atomic E-state index is 0.109. The van der Waals surface area contributed by atoms with E-state index >= 15 is 0 Å². The van der Waals surface area contributed by atoms with Crippen molar-refractivity contribution in [1.82, 2.24) is 9.13 Å². The van der Waals surface area contributed by atoms with Gasteiger partial charge in [-0.1, -0.05) is 149 Å². The van der Waals surface area contributed by atoms with E-state index in [2.05, 4.69) is 174 Å². The zero-order chi connectivity index (χ0) is 38.8. The van der Waals surface area contributed by atoms with Crippen molar-refractivity contribution in [1.29, 1.82) is 0 Å². The van der Waals surface area contributed by atoms with Gasteiger partial charge in [-0.3, -0.25) is 0 Å². The molecule has 0 spiro atoms. The molecule has 0 fully saturated rings. The Labute approximate surface area is 350 Å². The molecule has 59 heavy (non-hydrogen) atoms. The Hall–Kier alpha value is -5.97. The maximum Gasteiger partial charge on any atom is 0.245 e. The van der Waals surface area contributed by atoms with Crippen molar-refractivity contribution in [2.45, 2.75) is 67.1 Å². The highest BCUT2D eigenvalue weighted by molar-refractivity contribution is 8.00. The molecule has 2 aliphatic heterocycles. The Morgan fingerprint density at radius 2 is 1.12 bits per heavy atom. The molecule has 7 aromatic carbocycles. The molecule has 4 aliphatic rings. The van der Waals surface area contributed by atoms with Crippen molar-refractivity contribution >= 4 is 56.7 Å². The van der Waals surface area contributed by atoms with E-state index in [0.29, 0.717) is 0 Å². The lowest BCUT2D eigenvalue weighted by Gasteiger charge is -2.44. The first kappa shape index (κ1) is 34.0. The lowest BCUT2D eigenvalue weighted by Crippen LogP contribution is -2.63. The number of aromatic nitrogens is 2. The largest absolute Gasteiger partial charge is 0.313 e. The van der Waals surface area contributed by atoms with Crippen LogP contribution in [0.2, 0.25) is 0 Å². The second-order valence-corrected chi connectivity index (χ2v) is 18.5. The van der Waals surface area contributed by atoms with E-state index in [1.165, 1.54) is 124 Å². The molecule has 0 saturated heterocycles. The zero-order valence-electron chi connectivity index (χ0n) is 33.3. The summed E-state index contributed by atoms with van der Waals surface area (Å²) < 4.78 is 5.24. The standard InChI is InChI=1S/C55H43BN2S/c1-55(37-17-6-3-7-18-37)44-29-27-36(35-15-4-2-5-16-35)31-47(44)56-46-30-28-38(57-48-23-11-8-21-42(48)43-22-14-26-51(43)57)33-52(46)59-53-34-39(32-45(55)54(53)56)58-49-24-12-9-19-40(49)41-20-10-13-25-50(41)58/h2-9,11-12,15-19,21,23-24,27-34H,10,13-14,20,22,25-26H2,1H3. The fourth-order valence-corrected chi connectivity index (χ4v) is 13.1. The van der Waals surface area contributed by atoms with E-state index in [1.54, 1.807) is 11.1 Å². The second kappa shape index (κ2) is 12.8. The zero-order valence-corrected chi connectivity index (χ0v) is 34.2. The molecule has 4 heterocycles. The van der Waals surface area contributed by atoms with E-state index in [0.717, 1.165) is 19.3 Å². The molecule has 2 nitrogen and oxygen atoms in total. The Kier molecular flexibility index (Phi) is 7.35. The normalized spacial score (nSPS) is 17.4. The number of rotatable bonds is 4. The molecule has 0 amide bonds. The number of benzene rings is 7. The van der Waals surface area contributed by atoms with Gasteiger partial charge in [-0.15, -0.1) is 0 Å². The summed E-state index contributed by atoms with van der Waals surface area (Å²) in [6, 6.07) is 60.5. The highest BCUT2D eigenvalue weighted by atomic mass is 32.2. The molecular weight excluding hydrogens is 731 g/mol. The number of hydrogen-bond acceptors (Lipinski definition) is 1. The molecule has 1 unspecified atom stereocenters. The Balaban J connectivity index is 1.11. The lowest BCUT2D eigenvalue weighted by molar-refractivity contribution is 0.665. The van der Waals surface area contributed by atoms with Gasteiger partial charge >= 0.3 is 0 Å². The van der Waals surface area contributed by atoms with E-state index in [-0.39, 0.29) is 12.1 Å². The van der Waals surface area contributed by atoms with Crippen molar-refractivity contribution in [2.75, 3.05) is 0 Å². The average Bonchev–Trinajstić information content (AvgIpc) is 3.99. The molecule has 0 radical (unpaired) electrons. The number of hydrogen-bond donors (Lipinski definition) is 0. The Bertz CT molecular complexity index is 3190. The van der Waals surface area contributed by atoms with E-state index in [1.807, 2.05) is 11.8 Å². The quantitative estimate of drug-likeness (QED) is 0.162. The van der Waals surface area contributed by atoms with Crippen LogP contribution in [-0.2, 0) is 31.1 Å². The van der Waals surface area contributed by atoms with Crippen LogP contribution < -0.4 is 16.4 Å². The molecule has 1 atom stereocenters. The summed E-state index contributed by atoms with van der Waals surface area (Å²) in [5, 5.41) is 2.84. The van der Waals surface area contributed by atoms with Crippen LogP contribution in [0.4, 0.5) is 0 Å². The van der Waals surface area contributed by atoms with Crippen molar-refractivity contribution in [2.24, 2.45) is 0 Å². The third-order valence-corrected chi connectivity index (χ3v) is 15.6. The summed E-state index contributed by atoms with van der Waals surface area (Å²) in [6.45, 7) is 2.61. The molecule has 0 bridgehead atoms. The Morgan fingerprint density at radius 3 is 1.88 bits per heavy atom. The molecule has 9 aromatic rings. The summed E-state index contributed by atoms with van der Waals surface area (Å²) in [7, 11) is 0. The topological polar surface area (TPSA) is 9.86 Å². The molecule has 0 saturated carbocycles. The predicted octanol–water partition coefficient (Wildman–Crippen LogP) is 11.3. The van der Waals surface area contributed by atoms with Gasteiger partial charge in [0, 0.05) is 48.7 Å². The van der Waals surface area contributed by atoms with E-state index < -0.39 is 0 Å². The van der Waals surface area contributed by atoms with Gasteiger partial charge in [0.2, 0.25) is 6.71 Å². The summed E-state index contributed by atoms with van der Waals surface area (Å²) in [5.41, 5.74) is 22.0. The third-order valence-electron chi connectivity index (χ3n) is 14.5. The van der Waals surface area contributed by atoms with Crippen molar-refractivity contribution in [3.63, 3.8) is 0 Å². The fourth-order valence-electron chi connectivity index (χ4n) is 11.8. The number of para-hydroxylation sites is 2. The first-order valence-corrected chi connectivity index (χ1v) is 22.5. The molecule has 2 aliphatic carbocycles. The molecule has 282 valence electrons. The third kappa shape index (κ3) is 4.78. The highest BCUT2D eigenvalue weighted by Crippen LogP contribution is 2.47. The summed E-state index contributed by atoms with van der Waals surface area (Å²) >= 11 is 2.00. The minimum atomic E-state index is -0.367. The van der Waals surface area contributed by atoms with E-state index in [4.69, 9.17) is 0 Å². The average molecular weight is 775 g/mol. The summed E-state index contributed by atoms with van der Waals surface area (Å²) in [5.74, 6) is 0. The second-order valence-electron chi connectivity index (χ2n) is 17.4. The highest BCUT2D eigenvalue weighted by Gasteiger charge is 2.47. The molecule has 2 aromatic heterocycles. The fraction of sp³-hybridized carbons (Fsp3) is 0.164. The van der Waals surface area contributed by atoms with Crippen molar-refractivity contribution < 1.29 is 0 Å². The van der Waals surface area contributed by atoms with Crippen LogP contribution in [0, 0.1) is 0 Å². The first-order valence-electron chi connectivity index (χ1n) is 21.6. The van der Waals surface area contributed by atoms with Gasteiger partial charge in [-0.25, -0.2) is 0 Å². The predicted molar refractivity (Wildman–Crippen MR) is 248 cm³/mol. The van der Waals surface area contributed by atoms with Crippen molar-refractivity contribution in [3.05, 3.63) is 197 Å². The van der Waals surface area contributed by atoms with Gasteiger partial charge in [-0.2, -0.15) is 0 Å². The van der Waals surface area contributed by atoms with Crippen LogP contribution in [0.1, 0.15) is 65.4 Å².